The molecule has 3 atom stereocenters. The van der Waals surface area contributed by atoms with Crippen LogP contribution in [0.5, 0.6) is 0 Å². The predicted octanol–water partition coefficient (Wildman–Crippen LogP) is 3.38. The van der Waals surface area contributed by atoms with Crippen LogP contribution in [0.25, 0.3) is 0 Å². The maximum Gasteiger partial charge on any atom is 0.334 e. The van der Waals surface area contributed by atoms with Crippen molar-refractivity contribution in [2.24, 2.45) is 11.3 Å². The number of carbonyl (C=O) groups excluding carboxylic acids is 1. The largest absolute Gasteiger partial charge is 0.450 e. The zero-order valence-electron chi connectivity index (χ0n) is 10.7. The van der Waals surface area contributed by atoms with Gasteiger partial charge in [0, 0.05) is 16.9 Å². The topological polar surface area (TPSA) is 26.3 Å². The summed E-state index contributed by atoms with van der Waals surface area (Å²) in [4.78, 5) is 11.8. The highest BCUT2D eigenvalue weighted by atomic mass is 16.6. The molecule has 0 aromatic heterocycles. The van der Waals surface area contributed by atoms with E-state index in [1.807, 2.05) is 0 Å². The minimum atomic E-state index is -0.373. The molecule has 1 aliphatic heterocycles. The van der Waals surface area contributed by atoms with E-state index in [9.17, 15) is 4.79 Å². The molecule has 0 radical (unpaired) electrons. The molecule has 3 aliphatic rings. The molecule has 1 saturated carbocycles. The third kappa shape index (κ3) is 1.24. The van der Waals surface area contributed by atoms with Crippen molar-refractivity contribution in [1.29, 1.82) is 0 Å². The van der Waals surface area contributed by atoms with Crippen LogP contribution in [0.3, 0.4) is 0 Å². The Labute approximate surface area is 103 Å². The first-order valence-corrected chi connectivity index (χ1v) is 6.59. The zero-order chi connectivity index (χ0) is 12.3. The molecule has 2 heteroatoms. The van der Waals surface area contributed by atoms with Gasteiger partial charge < -0.3 is 4.74 Å². The van der Waals surface area contributed by atoms with Gasteiger partial charge in [-0.2, -0.15) is 0 Å². The first kappa shape index (κ1) is 11.1. The Morgan fingerprint density at radius 2 is 2.24 bits per heavy atom. The highest BCUT2D eigenvalue weighted by Gasteiger charge is 2.64. The Morgan fingerprint density at radius 3 is 3.00 bits per heavy atom. The lowest BCUT2D eigenvalue weighted by atomic mass is 9.70. The van der Waals surface area contributed by atoms with Gasteiger partial charge in [-0.25, -0.2) is 4.79 Å². The van der Waals surface area contributed by atoms with Crippen molar-refractivity contribution in [1.82, 2.24) is 0 Å². The monoisotopic (exact) mass is 232 g/mol. The van der Waals surface area contributed by atoms with Gasteiger partial charge in [0.2, 0.25) is 0 Å². The van der Waals surface area contributed by atoms with E-state index >= 15 is 0 Å². The molecule has 2 nitrogen and oxygen atoms in total. The molecule has 3 unspecified atom stereocenters. The van der Waals surface area contributed by atoms with Gasteiger partial charge in [0.05, 0.1) is 0 Å². The standard InChI is InChI=1S/C15H20O2/c1-10-5-4-7-14(3)8-6-12-11(2)13(16)17-15(12,14)9-10/h9,12H,2,4-8H2,1,3H3. The van der Waals surface area contributed by atoms with Crippen LogP contribution in [0.1, 0.15) is 46.0 Å². The van der Waals surface area contributed by atoms with E-state index in [1.165, 1.54) is 12.0 Å². The summed E-state index contributed by atoms with van der Waals surface area (Å²) in [6, 6.07) is 0. The molecule has 0 amide bonds. The Hall–Kier alpha value is -1.05. The van der Waals surface area contributed by atoms with Crippen LogP contribution in [-0.2, 0) is 9.53 Å². The molecule has 0 N–H and O–H groups in total. The number of rotatable bonds is 0. The molecule has 1 saturated heterocycles. The van der Waals surface area contributed by atoms with Crippen molar-refractivity contribution in [3.8, 4) is 0 Å². The second-order valence-electron chi connectivity index (χ2n) is 6.20. The lowest BCUT2D eigenvalue weighted by molar-refractivity contribution is -0.151. The number of esters is 1. The van der Waals surface area contributed by atoms with E-state index in [0.717, 1.165) is 25.7 Å². The summed E-state index contributed by atoms with van der Waals surface area (Å²) in [5.74, 6) is 0.0416. The smallest absolute Gasteiger partial charge is 0.334 e. The van der Waals surface area contributed by atoms with Crippen LogP contribution in [0.15, 0.2) is 23.8 Å². The summed E-state index contributed by atoms with van der Waals surface area (Å²) in [5.41, 5.74) is 1.80. The van der Waals surface area contributed by atoms with Crippen molar-refractivity contribution >= 4 is 5.97 Å². The lowest BCUT2D eigenvalue weighted by Crippen LogP contribution is -2.43. The molecule has 2 fully saturated rings. The van der Waals surface area contributed by atoms with Crippen molar-refractivity contribution < 1.29 is 9.53 Å². The fourth-order valence-corrected chi connectivity index (χ4v) is 4.10. The first-order chi connectivity index (χ1) is 7.98. The zero-order valence-corrected chi connectivity index (χ0v) is 10.7. The Balaban J connectivity index is 2.16. The summed E-state index contributed by atoms with van der Waals surface area (Å²) in [7, 11) is 0. The average molecular weight is 232 g/mol. The van der Waals surface area contributed by atoms with Crippen molar-refractivity contribution in [2.45, 2.75) is 51.6 Å². The molecule has 0 aromatic rings. The lowest BCUT2D eigenvalue weighted by Gasteiger charge is -2.39. The summed E-state index contributed by atoms with van der Waals surface area (Å²) < 4.78 is 5.83. The number of hydrogen-bond acceptors (Lipinski definition) is 2. The number of carbonyl (C=O) groups is 1. The molecule has 2 aliphatic carbocycles. The molecule has 0 bridgehead atoms. The van der Waals surface area contributed by atoms with E-state index in [1.54, 1.807) is 0 Å². The van der Waals surface area contributed by atoms with Crippen molar-refractivity contribution in [3.05, 3.63) is 23.8 Å². The number of hydrogen-bond donors (Lipinski definition) is 0. The van der Waals surface area contributed by atoms with Gasteiger partial charge in [0.15, 0.2) is 0 Å². The predicted molar refractivity (Wildman–Crippen MR) is 66.4 cm³/mol. The molecular formula is C15H20O2. The summed E-state index contributed by atoms with van der Waals surface area (Å²) in [6.45, 7) is 8.39. The molecule has 0 aromatic carbocycles. The van der Waals surface area contributed by atoms with E-state index in [2.05, 4.69) is 26.5 Å². The normalized spacial score (nSPS) is 44.8. The Morgan fingerprint density at radius 1 is 1.47 bits per heavy atom. The van der Waals surface area contributed by atoms with Crippen molar-refractivity contribution in [3.63, 3.8) is 0 Å². The van der Waals surface area contributed by atoms with E-state index < -0.39 is 0 Å². The molecule has 3 rings (SSSR count). The van der Waals surface area contributed by atoms with E-state index in [4.69, 9.17) is 4.74 Å². The molecule has 92 valence electrons. The second kappa shape index (κ2) is 3.24. The average Bonchev–Trinajstić information content (AvgIpc) is 2.59. The van der Waals surface area contributed by atoms with E-state index in [0.29, 0.717) is 5.57 Å². The maximum atomic E-state index is 11.8. The van der Waals surface area contributed by atoms with Crippen LogP contribution < -0.4 is 0 Å². The quantitative estimate of drug-likeness (QED) is 0.363. The van der Waals surface area contributed by atoms with Gasteiger partial charge in [-0.3, -0.25) is 0 Å². The van der Waals surface area contributed by atoms with E-state index in [-0.39, 0.29) is 22.9 Å². The second-order valence-corrected chi connectivity index (χ2v) is 6.20. The summed E-state index contributed by atoms with van der Waals surface area (Å²) in [6.07, 6.45) is 7.93. The highest BCUT2D eigenvalue weighted by Crippen LogP contribution is 2.62. The third-order valence-corrected chi connectivity index (χ3v) is 5.15. The summed E-state index contributed by atoms with van der Waals surface area (Å²) >= 11 is 0. The fourth-order valence-electron chi connectivity index (χ4n) is 4.10. The van der Waals surface area contributed by atoms with Gasteiger partial charge >= 0.3 is 5.97 Å². The van der Waals surface area contributed by atoms with Crippen LogP contribution in [0.2, 0.25) is 0 Å². The minimum Gasteiger partial charge on any atom is -0.450 e. The maximum absolute atomic E-state index is 11.8. The number of ether oxygens (including phenoxy) is 1. The van der Waals surface area contributed by atoms with Gasteiger partial charge in [0.25, 0.3) is 0 Å². The highest BCUT2D eigenvalue weighted by molar-refractivity contribution is 5.92. The SMILES string of the molecule is C=C1C(=O)OC23C=C(C)CCCC2(C)CCC13. The Kier molecular flexibility index (Phi) is 2.11. The Bertz CT molecular complexity index is 434. The summed E-state index contributed by atoms with van der Waals surface area (Å²) in [5, 5.41) is 0. The number of allylic oxidation sites excluding steroid dienone is 1. The van der Waals surface area contributed by atoms with Gasteiger partial charge in [0.1, 0.15) is 5.60 Å². The van der Waals surface area contributed by atoms with Crippen LogP contribution in [0.4, 0.5) is 0 Å². The third-order valence-electron chi connectivity index (χ3n) is 5.15. The van der Waals surface area contributed by atoms with Gasteiger partial charge in [-0.05, 0) is 45.1 Å². The first-order valence-electron chi connectivity index (χ1n) is 6.59. The molecule has 17 heavy (non-hydrogen) atoms. The fraction of sp³-hybridized carbons (Fsp3) is 0.667. The van der Waals surface area contributed by atoms with Crippen LogP contribution in [-0.4, -0.2) is 11.6 Å². The molecule has 1 spiro atoms. The minimum absolute atomic E-state index is 0.116. The van der Waals surface area contributed by atoms with Crippen LogP contribution in [0, 0.1) is 11.3 Å². The molecule has 1 heterocycles. The molecular weight excluding hydrogens is 212 g/mol. The van der Waals surface area contributed by atoms with Gasteiger partial charge in [-0.15, -0.1) is 0 Å². The van der Waals surface area contributed by atoms with Gasteiger partial charge in [-0.1, -0.05) is 19.1 Å². The van der Waals surface area contributed by atoms with Crippen LogP contribution >= 0.6 is 0 Å². The van der Waals surface area contributed by atoms with Crippen molar-refractivity contribution in [2.75, 3.05) is 0 Å².